The van der Waals surface area contributed by atoms with E-state index in [1.807, 2.05) is 0 Å². The van der Waals surface area contributed by atoms with Crippen LogP contribution in [0.15, 0.2) is 36.5 Å². The van der Waals surface area contributed by atoms with Gasteiger partial charge in [-0.1, -0.05) is 30.9 Å². The normalized spacial score (nSPS) is 12.0. The van der Waals surface area contributed by atoms with Crippen LogP contribution in [0, 0.1) is 0 Å². The second-order valence-corrected chi connectivity index (χ2v) is 2.31. The first-order chi connectivity index (χ1) is 5.72. The zero-order chi connectivity index (χ0) is 9.40. The van der Waals surface area contributed by atoms with Crippen molar-refractivity contribution in [2.75, 3.05) is 6.67 Å². The first-order valence-electron chi connectivity index (χ1n) is 3.76. The third-order valence-electron chi connectivity index (χ3n) is 1.36. The summed E-state index contributed by atoms with van der Waals surface area (Å²) in [4.78, 5) is 10.9. The van der Waals surface area contributed by atoms with Crippen molar-refractivity contribution in [1.29, 1.82) is 0 Å². The number of hydrogen-bond donors (Lipinski definition) is 0. The molecule has 0 unspecified atom stereocenters. The maximum Gasteiger partial charge on any atom is 0.156 e. The minimum Gasteiger partial charge on any atom is -0.295 e. The minimum absolute atomic E-state index is 0.00147. The molecule has 12 heavy (non-hydrogen) atoms. The van der Waals surface area contributed by atoms with Crippen molar-refractivity contribution in [1.82, 2.24) is 0 Å². The van der Waals surface area contributed by atoms with Gasteiger partial charge in [-0.2, -0.15) is 0 Å². The number of rotatable bonds is 5. The van der Waals surface area contributed by atoms with Crippen LogP contribution in [0.5, 0.6) is 0 Å². The van der Waals surface area contributed by atoms with Gasteiger partial charge in [0.05, 0.1) is 0 Å². The average molecular weight is 168 g/mol. The fraction of sp³-hybridized carbons (Fsp3) is 0.300. The molecule has 66 valence electrons. The molecule has 1 nitrogen and oxygen atoms in total. The van der Waals surface area contributed by atoms with Gasteiger partial charge in [0, 0.05) is 0 Å². The summed E-state index contributed by atoms with van der Waals surface area (Å²) in [5.41, 5.74) is 0.648. The number of alkyl halides is 1. The molecule has 0 heterocycles. The Kier molecular flexibility index (Phi) is 5.88. The zero-order valence-corrected chi connectivity index (χ0v) is 7.22. The number of hydrogen-bond acceptors (Lipinski definition) is 1. The standard InChI is InChI=1S/C10H13FO/c1-3-6-10(9(2)12)7-4-5-8-11/h3-6H,1,7-8H2,2H3/b5-4-,10-6+. The first-order valence-corrected chi connectivity index (χ1v) is 3.76. The maximum atomic E-state index is 11.6. The maximum absolute atomic E-state index is 11.6. The number of allylic oxidation sites excluding steroid dienone is 5. The molecule has 0 aliphatic carbocycles. The predicted molar refractivity (Wildman–Crippen MR) is 48.7 cm³/mol. The molecule has 0 aromatic heterocycles. The van der Waals surface area contributed by atoms with Gasteiger partial charge in [-0.3, -0.25) is 4.79 Å². The molecule has 0 aliphatic rings. The van der Waals surface area contributed by atoms with Crippen LogP contribution in [0.25, 0.3) is 0 Å². The van der Waals surface area contributed by atoms with Gasteiger partial charge in [0.25, 0.3) is 0 Å². The Labute approximate surface area is 72.3 Å². The van der Waals surface area contributed by atoms with Crippen LogP contribution in [0.1, 0.15) is 13.3 Å². The quantitative estimate of drug-likeness (QED) is 0.350. The monoisotopic (exact) mass is 168 g/mol. The van der Waals surface area contributed by atoms with Crippen molar-refractivity contribution < 1.29 is 9.18 Å². The van der Waals surface area contributed by atoms with Crippen molar-refractivity contribution in [3.63, 3.8) is 0 Å². The third-order valence-corrected chi connectivity index (χ3v) is 1.36. The summed E-state index contributed by atoms with van der Waals surface area (Å²) in [5, 5.41) is 0. The van der Waals surface area contributed by atoms with Gasteiger partial charge in [0.1, 0.15) is 6.67 Å². The molecule has 2 heteroatoms. The molecule has 0 N–H and O–H groups in total. The zero-order valence-electron chi connectivity index (χ0n) is 7.22. The molecule has 0 saturated heterocycles. The number of carbonyl (C=O) groups excluding carboxylic acids is 1. The lowest BCUT2D eigenvalue weighted by Crippen LogP contribution is -1.94. The van der Waals surface area contributed by atoms with Gasteiger partial charge in [-0.15, -0.1) is 0 Å². The van der Waals surface area contributed by atoms with E-state index in [0.29, 0.717) is 12.0 Å². The molecule has 0 atom stereocenters. The summed E-state index contributed by atoms with van der Waals surface area (Å²) in [6.45, 7) is 4.48. The van der Waals surface area contributed by atoms with Gasteiger partial charge in [-0.05, 0) is 18.9 Å². The smallest absolute Gasteiger partial charge is 0.156 e. The van der Waals surface area contributed by atoms with Crippen molar-refractivity contribution >= 4 is 5.78 Å². The van der Waals surface area contributed by atoms with Crippen molar-refractivity contribution in [3.05, 3.63) is 36.5 Å². The molecule has 0 spiro atoms. The van der Waals surface area contributed by atoms with Crippen LogP contribution < -0.4 is 0 Å². The molecular formula is C10H13FO. The van der Waals surface area contributed by atoms with Crippen LogP contribution in [-0.4, -0.2) is 12.5 Å². The van der Waals surface area contributed by atoms with Crippen LogP contribution in [-0.2, 0) is 4.79 Å². The Hall–Kier alpha value is -1.18. The summed E-state index contributed by atoms with van der Waals surface area (Å²) in [7, 11) is 0. The highest BCUT2D eigenvalue weighted by Crippen LogP contribution is 2.03. The average Bonchev–Trinajstić information content (AvgIpc) is 2.03. The fourth-order valence-electron chi connectivity index (χ4n) is 0.745. The second kappa shape index (κ2) is 6.53. The van der Waals surface area contributed by atoms with E-state index in [9.17, 15) is 9.18 Å². The summed E-state index contributed by atoms with van der Waals surface area (Å²) >= 11 is 0. The molecular weight excluding hydrogens is 155 g/mol. The van der Waals surface area contributed by atoms with E-state index in [-0.39, 0.29) is 5.78 Å². The van der Waals surface area contributed by atoms with Crippen molar-refractivity contribution in [2.45, 2.75) is 13.3 Å². The van der Waals surface area contributed by atoms with E-state index in [2.05, 4.69) is 6.58 Å². The van der Waals surface area contributed by atoms with Crippen LogP contribution in [0.2, 0.25) is 0 Å². The number of carbonyl (C=O) groups is 1. The van der Waals surface area contributed by atoms with E-state index in [0.717, 1.165) is 0 Å². The lowest BCUT2D eigenvalue weighted by atomic mass is 10.1. The number of Topliss-reactive ketones (excluding diaryl/α,β-unsaturated/α-hetero) is 1. The van der Waals surface area contributed by atoms with E-state index < -0.39 is 6.67 Å². The molecule has 0 aromatic rings. The minimum atomic E-state index is -0.487. The Bertz CT molecular complexity index is 214. The Morgan fingerprint density at radius 1 is 1.50 bits per heavy atom. The summed E-state index contributed by atoms with van der Waals surface area (Å²) in [5.74, 6) is -0.00147. The second-order valence-electron chi connectivity index (χ2n) is 2.31. The van der Waals surface area contributed by atoms with Crippen LogP contribution >= 0.6 is 0 Å². The topological polar surface area (TPSA) is 17.1 Å². The lowest BCUT2D eigenvalue weighted by Gasteiger charge is -1.95. The summed E-state index contributed by atoms with van der Waals surface area (Å²) in [6, 6.07) is 0. The van der Waals surface area contributed by atoms with Gasteiger partial charge >= 0.3 is 0 Å². The van der Waals surface area contributed by atoms with E-state index in [4.69, 9.17) is 0 Å². The van der Waals surface area contributed by atoms with Gasteiger partial charge in [0.15, 0.2) is 5.78 Å². The van der Waals surface area contributed by atoms with Crippen molar-refractivity contribution in [2.24, 2.45) is 0 Å². The SMILES string of the molecule is C=C/C=C(\C/C=C\CF)C(C)=O. The Morgan fingerprint density at radius 2 is 2.17 bits per heavy atom. The Balaban J connectivity index is 4.15. The molecule has 0 rings (SSSR count). The third kappa shape index (κ3) is 4.61. The summed E-state index contributed by atoms with van der Waals surface area (Å²) in [6.07, 6.45) is 6.70. The molecule has 0 saturated carbocycles. The van der Waals surface area contributed by atoms with Gasteiger partial charge in [0.2, 0.25) is 0 Å². The summed E-state index contributed by atoms with van der Waals surface area (Å²) < 4.78 is 11.6. The van der Waals surface area contributed by atoms with Crippen LogP contribution in [0.4, 0.5) is 4.39 Å². The van der Waals surface area contributed by atoms with Crippen LogP contribution in [0.3, 0.4) is 0 Å². The first kappa shape index (κ1) is 10.8. The highest BCUT2D eigenvalue weighted by Gasteiger charge is 1.98. The molecule has 0 radical (unpaired) electrons. The number of ketones is 1. The Morgan fingerprint density at radius 3 is 2.58 bits per heavy atom. The molecule has 0 aliphatic heterocycles. The van der Waals surface area contributed by atoms with E-state index in [1.165, 1.54) is 13.0 Å². The van der Waals surface area contributed by atoms with Gasteiger partial charge < -0.3 is 0 Å². The van der Waals surface area contributed by atoms with E-state index in [1.54, 1.807) is 18.2 Å². The molecule has 0 bridgehead atoms. The fourth-order valence-corrected chi connectivity index (χ4v) is 0.745. The van der Waals surface area contributed by atoms with E-state index >= 15 is 0 Å². The highest BCUT2D eigenvalue weighted by atomic mass is 19.1. The largest absolute Gasteiger partial charge is 0.295 e. The lowest BCUT2D eigenvalue weighted by molar-refractivity contribution is -0.113. The van der Waals surface area contributed by atoms with Crippen molar-refractivity contribution in [3.8, 4) is 0 Å². The molecule has 0 fully saturated rings. The molecule has 0 aromatic carbocycles. The highest BCUT2D eigenvalue weighted by molar-refractivity contribution is 5.93. The predicted octanol–water partition coefficient (Wildman–Crippen LogP) is 2.60. The van der Waals surface area contributed by atoms with Gasteiger partial charge in [-0.25, -0.2) is 4.39 Å². The number of halogens is 1. The molecule has 0 amide bonds.